The van der Waals surface area contributed by atoms with Crippen molar-refractivity contribution in [2.45, 2.75) is 51.8 Å². The molecule has 2 saturated heterocycles. The van der Waals surface area contributed by atoms with Crippen LogP contribution in [0.1, 0.15) is 39.5 Å². The normalized spacial score (nSPS) is 36.4. The highest BCUT2D eigenvalue weighted by molar-refractivity contribution is 4.81. The average molecular weight is 212 g/mol. The van der Waals surface area contributed by atoms with E-state index in [0.29, 0.717) is 11.5 Å². The molecule has 2 rings (SSSR count). The Balaban J connectivity index is 1.71. The quantitative estimate of drug-likeness (QED) is 0.727. The summed E-state index contributed by atoms with van der Waals surface area (Å²) in [5.74, 6) is 0. The van der Waals surface area contributed by atoms with Gasteiger partial charge in [-0.3, -0.25) is 5.32 Å². The highest BCUT2D eigenvalue weighted by atomic mass is 16.5. The van der Waals surface area contributed by atoms with E-state index in [4.69, 9.17) is 4.74 Å². The molecular weight excluding hydrogens is 188 g/mol. The van der Waals surface area contributed by atoms with Crippen LogP contribution >= 0.6 is 0 Å². The second-order valence-electron chi connectivity index (χ2n) is 5.73. The smallest absolute Gasteiger partial charge is 0.109 e. The fourth-order valence-corrected chi connectivity index (χ4v) is 2.36. The molecule has 0 radical (unpaired) electrons. The van der Waals surface area contributed by atoms with E-state index in [9.17, 15) is 0 Å². The lowest BCUT2D eigenvalue weighted by Gasteiger charge is -2.37. The van der Waals surface area contributed by atoms with Crippen molar-refractivity contribution in [1.29, 1.82) is 0 Å². The number of rotatable bonds is 2. The van der Waals surface area contributed by atoms with Crippen LogP contribution in [-0.2, 0) is 4.74 Å². The molecule has 0 amide bonds. The molecular formula is C12H24N2O. The van der Waals surface area contributed by atoms with Crippen molar-refractivity contribution in [3.63, 3.8) is 0 Å². The van der Waals surface area contributed by atoms with Crippen LogP contribution in [0, 0.1) is 5.41 Å². The second-order valence-corrected chi connectivity index (χ2v) is 5.73. The van der Waals surface area contributed by atoms with Gasteiger partial charge in [0.2, 0.25) is 0 Å². The Morgan fingerprint density at radius 2 is 2.13 bits per heavy atom. The summed E-state index contributed by atoms with van der Waals surface area (Å²) in [6.45, 7) is 7.63. The highest BCUT2D eigenvalue weighted by Gasteiger charge is 2.28. The summed E-state index contributed by atoms with van der Waals surface area (Å²) in [4.78, 5) is 0. The molecule has 2 aliphatic rings. The van der Waals surface area contributed by atoms with Crippen molar-refractivity contribution in [3.8, 4) is 0 Å². The molecule has 0 aliphatic carbocycles. The van der Waals surface area contributed by atoms with Gasteiger partial charge in [0.05, 0.1) is 6.61 Å². The molecule has 2 atom stereocenters. The molecule has 0 saturated carbocycles. The van der Waals surface area contributed by atoms with Crippen LogP contribution in [0.4, 0.5) is 0 Å². The van der Waals surface area contributed by atoms with Gasteiger partial charge in [-0.2, -0.15) is 0 Å². The van der Waals surface area contributed by atoms with Crippen LogP contribution in [0.5, 0.6) is 0 Å². The summed E-state index contributed by atoms with van der Waals surface area (Å²) in [6.07, 6.45) is 5.41. The fraction of sp³-hybridized carbons (Fsp3) is 1.00. The molecule has 0 bridgehead atoms. The summed E-state index contributed by atoms with van der Waals surface area (Å²) >= 11 is 0. The number of nitrogens with one attached hydrogen (secondary N) is 2. The van der Waals surface area contributed by atoms with Gasteiger partial charge in [-0.05, 0) is 19.4 Å². The lowest BCUT2D eigenvalue weighted by atomic mass is 9.92. The Morgan fingerprint density at radius 1 is 1.27 bits per heavy atom. The van der Waals surface area contributed by atoms with Crippen LogP contribution in [-0.4, -0.2) is 32.0 Å². The average Bonchev–Trinajstić information content (AvgIpc) is 2.23. The molecule has 0 aromatic rings. The summed E-state index contributed by atoms with van der Waals surface area (Å²) in [5, 5.41) is 7.06. The van der Waals surface area contributed by atoms with Crippen LogP contribution in [0.3, 0.4) is 0 Å². The van der Waals surface area contributed by atoms with Crippen LogP contribution < -0.4 is 10.6 Å². The molecule has 2 aliphatic heterocycles. The van der Waals surface area contributed by atoms with Gasteiger partial charge >= 0.3 is 0 Å². The van der Waals surface area contributed by atoms with Crippen molar-refractivity contribution in [1.82, 2.24) is 10.6 Å². The van der Waals surface area contributed by atoms with Gasteiger partial charge < -0.3 is 10.1 Å². The van der Waals surface area contributed by atoms with Gasteiger partial charge in [0.1, 0.15) is 6.23 Å². The Kier molecular flexibility index (Phi) is 3.65. The lowest BCUT2D eigenvalue weighted by molar-refractivity contribution is -0.0654. The van der Waals surface area contributed by atoms with Gasteiger partial charge in [0.25, 0.3) is 0 Å². The first-order valence-corrected chi connectivity index (χ1v) is 6.24. The largest absolute Gasteiger partial charge is 0.363 e. The van der Waals surface area contributed by atoms with Crippen LogP contribution in [0.15, 0.2) is 0 Å². The molecule has 0 spiro atoms. The second kappa shape index (κ2) is 4.81. The molecule has 2 heterocycles. The molecule has 88 valence electrons. The third-order valence-corrected chi connectivity index (χ3v) is 3.39. The van der Waals surface area contributed by atoms with Crippen molar-refractivity contribution < 1.29 is 4.74 Å². The molecule has 2 unspecified atom stereocenters. The predicted octanol–water partition coefficient (Wildman–Crippen LogP) is 1.49. The lowest BCUT2D eigenvalue weighted by Crippen LogP contribution is -2.50. The van der Waals surface area contributed by atoms with Crippen LogP contribution in [0.2, 0.25) is 0 Å². The Morgan fingerprint density at radius 3 is 2.73 bits per heavy atom. The van der Waals surface area contributed by atoms with Crippen molar-refractivity contribution in [3.05, 3.63) is 0 Å². The zero-order valence-corrected chi connectivity index (χ0v) is 10.0. The maximum absolute atomic E-state index is 5.84. The molecule has 2 N–H and O–H groups in total. The predicted molar refractivity (Wildman–Crippen MR) is 61.8 cm³/mol. The van der Waals surface area contributed by atoms with E-state index < -0.39 is 0 Å². The van der Waals surface area contributed by atoms with Crippen LogP contribution in [0.25, 0.3) is 0 Å². The Hall–Kier alpha value is -0.120. The molecule has 3 heteroatoms. The van der Waals surface area contributed by atoms with Crippen molar-refractivity contribution in [2.24, 2.45) is 5.41 Å². The maximum Gasteiger partial charge on any atom is 0.109 e. The van der Waals surface area contributed by atoms with E-state index in [0.717, 1.165) is 19.6 Å². The maximum atomic E-state index is 5.84. The number of hydrogen-bond donors (Lipinski definition) is 2. The summed E-state index contributed by atoms with van der Waals surface area (Å²) in [5.41, 5.74) is 0.302. The van der Waals surface area contributed by atoms with E-state index in [-0.39, 0.29) is 6.23 Å². The van der Waals surface area contributed by atoms with Gasteiger partial charge in [-0.1, -0.05) is 20.3 Å². The number of ether oxygens (including phenoxy) is 1. The number of hydrogen-bond acceptors (Lipinski definition) is 3. The first kappa shape index (κ1) is 11.4. The van der Waals surface area contributed by atoms with Crippen molar-refractivity contribution in [2.75, 3.05) is 19.7 Å². The van der Waals surface area contributed by atoms with E-state index >= 15 is 0 Å². The molecule has 0 aromatic heterocycles. The molecule has 0 aromatic carbocycles. The van der Waals surface area contributed by atoms with Gasteiger partial charge in [-0.25, -0.2) is 0 Å². The highest BCUT2D eigenvalue weighted by Crippen LogP contribution is 2.21. The molecule has 3 nitrogen and oxygen atoms in total. The minimum atomic E-state index is 0.272. The summed E-state index contributed by atoms with van der Waals surface area (Å²) in [6, 6.07) is 0.664. The summed E-state index contributed by atoms with van der Waals surface area (Å²) in [7, 11) is 0. The first-order chi connectivity index (χ1) is 7.16. The van der Waals surface area contributed by atoms with E-state index in [1.807, 2.05) is 0 Å². The number of piperidine rings is 1. The monoisotopic (exact) mass is 212 g/mol. The van der Waals surface area contributed by atoms with Gasteiger partial charge in [0.15, 0.2) is 0 Å². The van der Waals surface area contributed by atoms with E-state index in [2.05, 4.69) is 24.5 Å². The minimum absolute atomic E-state index is 0.272. The van der Waals surface area contributed by atoms with Crippen molar-refractivity contribution >= 4 is 0 Å². The minimum Gasteiger partial charge on any atom is -0.363 e. The van der Waals surface area contributed by atoms with Gasteiger partial charge in [0, 0.05) is 24.4 Å². The Bertz CT molecular complexity index is 190. The topological polar surface area (TPSA) is 33.3 Å². The van der Waals surface area contributed by atoms with E-state index in [1.54, 1.807) is 0 Å². The first-order valence-electron chi connectivity index (χ1n) is 6.24. The standard InChI is InChI=1S/C12H24N2O/c1-12(2)8-14-11(15-9-12)7-10-5-3-4-6-13-10/h10-11,13-14H,3-9H2,1-2H3. The molecule has 2 fully saturated rings. The SMILES string of the molecule is CC1(C)CNC(CC2CCCCN2)OC1. The van der Waals surface area contributed by atoms with E-state index in [1.165, 1.54) is 25.8 Å². The van der Waals surface area contributed by atoms with Gasteiger partial charge in [-0.15, -0.1) is 0 Å². The zero-order valence-electron chi connectivity index (χ0n) is 10.0. The summed E-state index contributed by atoms with van der Waals surface area (Å²) < 4.78 is 5.84. The Labute approximate surface area is 93.0 Å². The zero-order chi connectivity index (χ0) is 10.7. The fourth-order valence-electron chi connectivity index (χ4n) is 2.36. The third kappa shape index (κ3) is 3.44. The third-order valence-electron chi connectivity index (χ3n) is 3.39. The molecule has 15 heavy (non-hydrogen) atoms.